The molecule has 0 bridgehead atoms. The van der Waals surface area contributed by atoms with Gasteiger partial charge in [-0.15, -0.1) is 0 Å². The van der Waals surface area contributed by atoms with Crippen molar-refractivity contribution in [2.75, 3.05) is 0 Å². The summed E-state index contributed by atoms with van der Waals surface area (Å²) in [7, 11) is 0. The summed E-state index contributed by atoms with van der Waals surface area (Å²) < 4.78 is 1.94. The molecule has 0 saturated carbocycles. The van der Waals surface area contributed by atoms with Crippen LogP contribution < -0.4 is 0 Å². The number of aliphatic hydroxyl groups excluding tert-OH is 1. The Balaban J connectivity index is 2.84. The molecule has 0 saturated heterocycles. The number of rotatable bonds is 3. The minimum atomic E-state index is -0.964. The number of carboxylic acids is 1. The molecule has 0 atom stereocenters. The second kappa shape index (κ2) is 3.98. The van der Waals surface area contributed by atoms with Crippen LogP contribution in [-0.2, 0) is 13.2 Å². The lowest BCUT2D eigenvalue weighted by Gasteiger charge is -2.02. The van der Waals surface area contributed by atoms with Crippen LogP contribution in [0.4, 0.5) is 0 Å². The molecule has 0 spiro atoms. The van der Waals surface area contributed by atoms with Gasteiger partial charge in [-0.3, -0.25) is 0 Å². The van der Waals surface area contributed by atoms with Gasteiger partial charge < -0.3 is 14.8 Å². The number of hydrogen-bond donors (Lipinski definition) is 2. The fraction of sp³-hybridized carbons (Fsp3) is 0.250. The van der Waals surface area contributed by atoms with Crippen molar-refractivity contribution in [3.63, 3.8) is 0 Å². The lowest BCUT2D eigenvalue weighted by Crippen LogP contribution is -1.98. The minimum absolute atomic E-state index is 0.145. The van der Waals surface area contributed by atoms with Gasteiger partial charge in [0.05, 0.1) is 12.2 Å². The van der Waals surface area contributed by atoms with Gasteiger partial charge >= 0.3 is 5.97 Å². The lowest BCUT2D eigenvalue weighted by atomic mass is 10.1. The highest BCUT2D eigenvalue weighted by molar-refractivity contribution is 6.04. The van der Waals surface area contributed by atoms with Crippen molar-refractivity contribution < 1.29 is 15.0 Å². The van der Waals surface area contributed by atoms with Crippen LogP contribution in [0.3, 0.4) is 0 Å². The second-order valence-electron chi connectivity index (χ2n) is 3.60. The van der Waals surface area contributed by atoms with Crippen molar-refractivity contribution in [3.05, 3.63) is 35.5 Å². The molecule has 0 fully saturated rings. The van der Waals surface area contributed by atoms with Crippen molar-refractivity contribution in [2.24, 2.45) is 0 Å². The van der Waals surface area contributed by atoms with Crippen LogP contribution in [0.25, 0.3) is 10.9 Å². The summed E-state index contributed by atoms with van der Waals surface area (Å²) in [6, 6.07) is 5.15. The molecule has 0 aliphatic carbocycles. The van der Waals surface area contributed by atoms with Crippen molar-refractivity contribution in [3.8, 4) is 0 Å². The number of hydrogen-bond acceptors (Lipinski definition) is 2. The van der Waals surface area contributed by atoms with Crippen molar-refractivity contribution in [2.45, 2.75) is 20.1 Å². The summed E-state index contributed by atoms with van der Waals surface area (Å²) in [5.41, 5.74) is 1.76. The number of aromatic nitrogens is 1. The van der Waals surface area contributed by atoms with Gasteiger partial charge in [0.1, 0.15) is 0 Å². The highest BCUT2D eigenvalue weighted by Crippen LogP contribution is 2.25. The number of aliphatic hydroxyl groups is 1. The van der Waals surface area contributed by atoms with Gasteiger partial charge in [0.25, 0.3) is 0 Å². The first kappa shape index (κ1) is 10.7. The van der Waals surface area contributed by atoms with Gasteiger partial charge in [0.2, 0.25) is 0 Å². The molecule has 2 aromatic rings. The molecule has 4 nitrogen and oxygen atoms in total. The molecule has 1 aromatic heterocycles. The Morgan fingerprint density at radius 3 is 2.75 bits per heavy atom. The summed E-state index contributed by atoms with van der Waals surface area (Å²) in [4.78, 5) is 11.1. The maximum Gasteiger partial charge on any atom is 0.336 e. The zero-order valence-electron chi connectivity index (χ0n) is 8.97. The molecule has 2 rings (SSSR count). The molecule has 0 amide bonds. The Kier molecular flexibility index (Phi) is 2.66. The Bertz CT molecular complexity index is 542. The third-order valence-electron chi connectivity index (χ3n) is 2.73. The van der Waals surface area contributed by atoms with Gasteiger partial charge in [-0.05, 0) is 19.1 Å². The average Bonchev–Trinajstić information content (AvgIpc) is 2.66. The fourth-order valence-corrected chi connectivity index (χ4v) is 2.00. The van der Waals surface area contributed by atoms with Gasteiger partial charge in [0.15, 0.2) is 0 Å². The molecule has 4 heteroatoms. The Hall–Kier alpha value is -1.81. The molecule has 0 aliphatic rings. The molecule has 0 aliphatic heterocycles. The quantitative estimate of drug-likeness (QED) is 0.828. The van der Waals surface area contributed by atoms with E-state index < -0.39 is 5.97 Å². The Morgan fingerprint density at radius 1 is 1.44 bits per heavy atom. The first-order valence-corrected chi connectivity index (χ1v) is 5.14. The summed E-state index contributed by atoms with van der Waals surface area (Å²) in [6.07, 6.45) is 1.80. The van der Waals surface area contributed by atoms with Crippen molar-refractivity contribution in [1.29, 1.82) is 0 Å². The first-order valence-electron chi connectivity index (χ1n) is 5.14. The Labute approximate surface area is 92.7 Å². The molecule has 16 heavy (non-hydrogen) atoms. The number of carboxylic acid groups (broad SMARTS) is 1. The van der Waals surface area contributed by atoms with Crippen LogP contribution in [0.15, 0.2) is 24.4 Å². The van der Waals surface area contributed by atoms with E-state index in [4.69, 9.17) is 5.11 Å². The molecule has 0 unspecified atom stereocenters. The molecule has 1 aromatic carbocycles. The van der Waals surface area contributed by atoms with E-state index >= 15 is 0 Å². The molecular weight excluding hydrogens is 206 g/mol. The maximum absolute atomic E-state index is 11.1. The van der Waals surface area contributed by atoms with Gasteiger partial charge in [0, 0.05) is 29.2 Å². The monoisotopic (exact) mass is 219 g/mol. The summed E-state index contributed by atoms with van der Waals surface area (Å²) in [5, 5.41) is 19.0. The van der Waals surface area contributed by atoms with Crippen LogP contribution in [-0.4, -0.2) is 20.7 Å². The molecule has 84 valence electrons. The molecular formula is C12H13NO3. The van der Waals surface area contributed by atoms with Gasteiger partial charge in [-0.1, -0.05) is 6.07 Å². The van der Waals surface area contributed by atoms with E-state index in [9.17, 15) is 9.90 Å². The maximum atomic E-state index is 11.1. The van der Waals surface area contributed by atoms with Gasteiger partial charge in [-0.2, -0.15) is 0 Å². The zero-order chi connectivity index (χ0) is 11.7. The zero-order valence-corrected chi connectivity index (χ0v) is 8.97. The van der Waals surface area contributed by atoms with Crippen LogP contribution >= 0.6 is 0 Å². The topological polar surface area (TPSA) is 62.5 Å². The number of benzene rings is 1. The van der Waals surface area contributed by atoms with Crippen LogP contribution in [0, 0.1) is 0 Å². The number of carbonyl (C=O) groups is 1. The molecule has 0 radical (unpaired) electrons. The normalized spacial score (nSPS) is 10.9. The van der Waals surface area contributed by atoms with E-state index in [2.05, 4.69) is 0 Å². The third kappa shape index (κ3) is 1.47. The van der Waals surface area contributed by atoms with E-state index in [0.29, 0.717) is 10.9 Å². The molecule has 1 heterocycles. The predicted octanol–water partition coefficient (Wildman–Crippen LogP) is 1.85. The third-order valence-corrected chi connectivity index (χ3v) is 2.73. The largest absolute Gasteiger partial charge is 0.478 e. The SMILES string of the molecule is CCn1cc(CO)c2c(C(=O)O)cccc21. The number of aryl methyl sites for hydroxylation is 1. The standard InChI is InChI=1S/C12H13NO3/c1-2-13-6-8(7-14)11-9(12(15)16)4-3-5-10(11)13/h3-6,14H,2,7H2,1H3,(H,15,16). The summed E-state index contributed by atoms with van der Waals surface area (Å²) >= 11 is 0. The van der Waals surface area contributed by atoms with Gasteiger partial charge in [-0.25, -0.2) is 4.79 Å². The lowest BCUT2D eigenvalue weighted by molar-refractivity contribution is 0.0699. The van der Waals surface area contributed by atoms with Crippen LogP contribution in [0.1, 0.15) is 22.8 Å². The van der Waals surface area contributed by atoms with E-state index in [1.54, 1.807) is 18.3 Å². The summed E-state index contributed by atoms with van der Waals surface area (Å²) in [5.74, 6) is -0.964. The number of fused-ring (bicyclic) bond motifs is 1. The number of nitrogens with zero attached hydrogens (tertiary/aromatic N) is 1. The average molecular weight is 219 g/mol. The van der Waals surface area contributed by atoms with E-state index in [-0.39, 0.29) is 12.2 Å². The van der Waals surface area contributed by atoms with E-state index in [1.807, 2.05) is 17.6 Å². The summed E-state index contributed by atoms with van der Waals surface area (Å²) in [6.45, 7) is 2.58. The van der Waals surface area contributed by atoms with Crippen molar-refractivity contribution in [1.82, 2.24) is 4.57 Å². The predicted molar refractivity (Wildman–Crippen MR) is 60.5 cm³/mol. The first-order chi connectivity index (χ1) is 7.69. The van der Waals surface area contributed by atoms with Crippen molar-refractivity contribution >= 4 is 16.9 Å². The highest BCUT2D eigenvalue weighted by Gasteiger charge is 2.14. The second-order valence-corrected chi connectivity index (χ2v) is 3.60. The van der Waals surface area contributed by atoms with E-state index in [0.717, 1.165) is 12.1 Å². The highest BCUT2D eigenvalue weighted by atomic mass is 16.4. The fourth-order valence-electron chi connectivity index (χ4n) is 2.00. The molecule has 2 N–H and O–H groups in total. The van der Waals surface area contributed by atoms with Crippen LogP contribution in [0.2, 0.25) is 0 Å². The number of aromatic carboxylic acids is 1. The van der Waals surface area contributed by atoms with E-state index in [1.165, 1.54) is 0 Å². The van der Waals surface area contributed by atoms with Crippen LogP contribution in [0.5, 0.6) is 0 Å². The smallest absolute Gasteiger partial charge is 0.336 e. The minimum Gasteiger partial charge on any atom is -0.478 e. The Morgan fingerprint density at radius 2 is 2.19 bits per heavy atom.